The van der Waals surface area contributed by atoms with Crippen molar-refractivity contribution in [3.8, 4) is 5.75 Å². The van der Waals surface area contributed by atoms with Gasteiger partial charge in [-0.3, -0.25) is 10.0 Å². The first-order chi connectivity index (χ1) is 10.3. The number of hydrogen-bond acceptors (Lipinski definition) is 4. The highest BCUT2D eigenvalue weighted by Gasteiger charge is 1.93. The molecule has 0 saturated heterocycles. The summed E-state index contributed by atoms with van der Waals surface area (Å²) in [6.45, 7) is 0. The van der Waals surface area contributed by atoms with Crippen LogP contribution in [0, 0.1) is 0 Å². The molecule has 2 aromatic rings. The van der Waals surface area contributed by atoms with Crippen molar-refractivity contribution in [2.24, 2.45) is 5.16 Å². The maximum absolute atomic E-state index is 10.8. The van der Waals surface area contributed by atoms with Gasteiger partial charge in [0, 0.05) is 6.08 Å². The minimum atomic E-state index is -0.572. The molecule has 0 spiro atoms. The van der Waals surface area contributed by atoms with E-state index in [9.17, 15) is 4.79 Å². The molecule has 5 heteroatoms. The van der Waals surface area contributed by atoms with E-state index in [-0.39, 0.29) is 0 Å². The van der Waals surface area contributed by atoms with Crippen LogP contribution in [0.3, 0.4) is 0 Å². The van der Waals surface area contributed by atoms with E-state index in [2.05, 4.69) is 5.16 Å². The summed E-state index contributed by atoms with van der Waals surface area (Å²) < 4.78 is 0. The number of nitrogens with zero attached hydrogens (tertiary/aromatic N) is 1. The number of oxime groups is 1. The van der Waals surface area contributed by atoms with E-state index in [0.29, 0.717) is 5.75 Å². The number of benzene rings is 2. The number of para-hydroxylation sites is 1. The smallest absolute Gasteiger partial charge is 0.267 e. The number of carbonyl (C=O) groups is 1. The highest BCUT2D eigenvalue weighted by atomic mass is 16.6. The van der Waals surface area contributed by atoms with Gasteiger partial charge < -0.3 is 4.84 Å². The number of nitrogens with one attached hydrogen (secondary N) is 1. The van der Waals surface area contributed by atoms with E-state index in [1.807, 2.05) is 54.6 Å². The molecule has 0 bridgehead atoms. The van der Waals surface area contributed by atoms with E-state index in [0.717, 1.165) is 11.1 Å². The minimum absolute atomic E-state index is 0.572. The van der Waals surface area contributed by atoms with Crippen LogP contribution >= 0.6 is 0 Å². The Morgan fingerprint density at radius 1 is 1.05 bits per heavy atom. The summed E-state index contributed by atoms with van der Waals surface area (Å²) in [6, 6.07) is 16.6. The third kappa shape index (κ3) is 4.93. The van der Waals surface area contributed by atoms with Crippen LogP contribution in [0.4, 0.5) is 0 Å². The van der Waals surface area contributed by atoms with Gasteiger partial charge in [0.05, 0.1) is 6.21 Å². The van der Waals surface area contributed by atoms with Crippen molar-refractivity contribution in [2.45, 2.75) is 0 Å². The van der Waals surface area contributed by atoms with Crippen LogP contribution < -0.4 is 10.3 Å². The zero-order valence-corrected chi connectivity index (χ0v) is 11.1. The Labute approximate surface area is 122 Å². The molecule has 5 nitrogen and oxygen atoms in total. The first kappa shape index (κ1) is 14.5. The maximum Gasteiger partial charge on any atom is 0.267 e. The molecule has 0 aliphatic carbocycles. The molecule has 0 heterocycles. The molecular formula is C16H14N2O3. The van der Waals surface area contributed by atoms with Gasteiger partial charge in [0.25, 0.3) is 5.91 Å². The lowest BCUT2D eigenvalue weighted by molar-refractivity contribution is -0.124. The number of amides is 1. The zero-order chi connectivity index (χ0) is 14.9. The first-order valence-electron chi connectivity index (χ1n) is 6.25. The summed E-state index contributed by atoms with van der Waals surface area (Å²) in [5.41, 5.74) is 3.23. The number of carbonyl (C=O) groups excluding carboxylic acids is 1. The first-order valence-corrected chi connectivity index (χ1v) is 6.25. The molecule has 0 aromatic heterocycles. The molecule has 0 atom stereocenters. The molecule has 2 rings (SSSR count). The lowest BCUT2D eigenvalue weighted by Crippen LogP contribution is -2.14. The van der Waals surface area contributed by atoms with Crippen molar-refractivity contribution in [3.05, 3.63) is 71.8 Å². The van der Waals surface area contributed by atoms with Crippen LogP contribution in [0.25, 0.3) is 6.08 Å². The van der Waals surface area contributed by atoms with E-state index < -0.39 is 5.91 Å². The quantitative estimate of drug-likeness (QED) is 0.383. The zero-order valence-electron chi connectivity index (χ0n) is 11.1. The van der Waals surface area contributed by atoms with Crippen molar-refractivity contribution in [2.75, 3.05) is 0 Å². The summed E-state index contributed by atoms with van der Waals surface area (Å²) in [7, 11) is 0. The molecule has 0 aliphatic heterocycles. The second-order valence-electron chi connectivity index (χ2n) is 4.11. The molecule has 0 unspecified atom stereocenters. The average molecular weight is 282 g/mol. The molecule has 21 heavy (non-hydrogen) atoms. The summed E-state index contributed by atoms with van der Waals surface area (Å²) in [4.78, 5) is 16.1. The molecule has 0 aliphatic rings. The standard InChI is InChI=1S/C16H14N2O3/c19-16(18-20)11-10-13-6-8-14(9-7-13)12-17-21-15-4-2-1-3-5-15/h1-12,20H,(H,18,19)/b11-10+,17-12?. The van der Waals surface area contributed by atoms with Crippen molar-refractivity contribution in [3.63, 3.8) is 0 Å². The number of rotatable bonds is 5. The van der Waals surface area contributed by atoms with Gasteiger partial charge in [-0.1, -0.05) is 47.6 Å². The van der Waals surface area contributed by atoms with E-state index in [1.54, 1.807) is 12.3 Å². The second-order valence-corrected chi connectivity index (χ2v) is 4.11. The molecule has 0 fully saturated rings. The molecule has 0 saturated carbocycles. The van der Waals surface area contributed by atoms with Crippen LogP contribution in [-0.2, 0) is 4.79 Å². The predicted octanol–water partition coefficient (Wildman–Crippen LogP) is 2.62. The van der Waals surface area contributed by atoms with Crippen LogP contribution in [0.1, 0.15) is 11.1 Å². The van der Waals surface area contributed by atoms with E-state index >= 15 is 0 Å². The third-order valence-corrected chi connectivity index (χ3v) is 2.58. The van der Waals surface area contributed by atoms with Gasteiger partial charge in [-0.2, -0.15) is 0 Å². The Balaban J connectivity index is 1.93. The summed E-state index contributed by atoms with van der Waals surface area (Å²) >= 11 is 0. The Bertz CT molecular complexity index is 634. The van der Waals surface area contributed by atoms with Gasteiger partial charge in [-0.25, -0.2) is 5.48 Å². The van der Waals surface area contributed by atoms with Crippen LogP contribution in [0.15, 0.2) is 65.8 Å². The van der Waals surface area contributed by atoms with Crippen LogP contribution in [0.5, 0.6) is 5.75 Å². The van der Waals surface area contributed by atoms with Gasteiger partial charge in [-0.15, -0.1) is 0 Å². The second kappa shape index (κ2) is 7.62. The fourth-order valence-electron chi connectivity index (χ4n) is 1.53. The molecule has 2 aromatic carbocycles. The van der Waals surface area contributed by atoms with Gasteiger partial charge in [-0.05, 0) is 29.3 Å². The third-order valence-electron chi connectivity index (χ3n) is 2.58. The lowest BCUT2D eigenvalue weighted by atomic mass is 10.1. The highest BCUT2D eigenvalue weighted by Crippen LogP contribution is 2.09. The Kier molecular flexibility index (Phi) is 5.25. The number of hydrogen-bond donors (Lipinski definition) is 2. The Morgan fingerprint density at radius 2 is 1.71 bits per heavy atom. The van der Waals surface area contributed by atoms with E-state index in [4.69, 9.17) is 10.0 Å². The van der Waals surface area contributed by atoms with Gasteiger partial charge in [0.2, 0.25) is 0 Å². The number of hydroxylamine groups is 1. The maximum atomic E-state index is 10.8. The lowest BCUT2D eigenvalue weighted by Gasteiger charge is -1.97. The summed E-state index contributed by atoms with van der Waals surface area (Å²) in [5.74, 6) is 0.0974. The highest BCUT2D eigenvalue weighted by molar-refractivity contribution is 5.91. The largest absolute Gasteiger partial charge is 0.357 e. The predicted molar refractivity (Wildman–Crippen MR) is 80.1 cm³/mol. The fraction of sp³-hybridized carbons (Fsp3) is 0. The van der Waals surface area contributed by atoms with Gasteiger partial charge >= 0.3 is 0 Å². The van der Waals surface area contributed by atoms with Crippen molar-refractivity contribution < 1.29 is 14.8 Å². The van der Waals surface area contributed by atoms with Crippen molar-refractivity contribution in [1.82, 2.24) is 5.48 Å². The Hall–Kier alpha value is -2.92. The topological polar surface area (TPSA) is 70.9 Å². The fourth-order valence-corrected chi connectivity index (χ4v) is 1.53. The minimum Gasteiger partial charge on any atom is -0.357 e. The van der Waals surface area contributed by atoms with Gasteiger partial charge in [0.1, 0.15) is 0 Å². The van der Waals surface area contributed by atoms with Crippen LogP contribution in [-0.4, -0.2) is 17.3 Å². The van der Waals surface area contributed by atoms with E-state index in [1.165, 1.54) is 11.6 Å². The summed E-state index contributed by atoms with van der Waals surface area (Å²) in [5, 5.41) is 12.3. The van der Waals surface area contributed by atoms with Crippen molar-refractivity contribution >= 4 is 18.2 Å². The molecule has 1 amide bonds. The normalized spacial score (nSPS) is 10.9. The molecular weight excluding hydrogens is 268 g/mol. The molecule has 106 valence electrons. The van der Waals surface area contributed by atoms with Crippen LogP contribution in [0.2, 0.25) is 0 Å². The van der Waals surface area contributed by atoms with Gasteiger partial charge in [0.15, 0.2) is 5.75 Å². The Morgan fingerprint density at radius 3 is 2.38 bits per heavy atom. The molecule has 0 radical (unpaired) electrons. The summed E-state index contributed by atoms with van der Waals surface area (Å²) in [6.07, 6.45) is 4.43. The SMILES string of the molecule is O=C(/C=C/c1ccc(C=NOc2ccccc2)cc1)NO. The average Bonchev–Trinajstić information content (AvgIpc) is 2.55. The van der Waals surface area contributed by atoms with Crippen molar-refractivity contribution in [1.29, 1.82) is 0 Å². The monoisotopic (exact) mass is 282 g/mol. The molecule has 2 N–H and O–H groups in total.